The number of unbranched alkanes of at least 4 members (excludes halogenated alkanes) is 3. The maximum absolute atomic E-state index is 9.67. The van der Waals surface area contributed by atoms with Crippen molar-refractivity contribution in [3.05, 3.63) is 37.6 Å². The van der Waals surface area contributed by atoms with E-state index in [-0.39, 0.29) is 0 Å². The fraction of sp³-hybridized carbons (Fsp3) is 0.778. The third-order valence-corrected chi connectivity index (χ3v) is 5.30. The highest BCUT2D eigenvalue weighted by Gasteiger charge is 2.27. The molecule has 0 aliphatic carbocycles. The zero-order valence-corrected chi connectivity index (χ0v) is 24.1. The van der Waals surface area contributed by atoms with E-state index in [1.165, 1.54) is 57.8 Å². The number of alkyl halides is 3. The highest BCUT2D eigenvalue weighted by molar-refractivity contribution is 8.00. The summed E-state index contributed by atoms with van der Waals surface area (Å²) in [5, 5.41) is 17.5. The summed E-state index contributed by atoms with van der Waals surface area (Å²) in [6, 6.07) is 0. The molecule has 0 aromatic rings. The number of nitrogens with zero attached hydrogens (tertiary/aromatic N) is 2. The Balaban J connectivity index is -0.000000127. The summed E-state index contributed by atoms with van der Waals surface area (Å²) in [5.74, 6) is 0.745. The van der Waals surface area contributed by atoms with Crippen LogP contribution in [-0.4, -0.2) is 22.5 Å². The van der Waals surface area contributed by atoms with Crippen molar-refractivity contribution >= 4 is 11.8 Å². The van der Waals surface area contributed by atoms with Crippen LogP contribution >= 0.6 is 11.8 Å². The predicted octanol–water partition coefficient (Wildman–Crippen LogP) is 11.7. The smallest absolute Gasteiger partial charge is 0.379 e. The highest BCUT2D eigenvalue weighted by Crippen LogP contribution is 2.38. The van der Waals surface area contributed by atoms with Gasteiger partial charge in [-0.3, -0.25) is 0 Å². The Morgan fingerprint density at radius 1 is 0.853 bits per heavy atom. The number of azo groups is 1. The first-order chi connectivity index (χ1) is 16.2. The van der Waals surface area contributed by atoms with Crippen LogP contribution in [0.2, 0.25) is 0 Å². The molecule has 1 rings (SSSR count). The molecule has 1 heterocycles. The Bertz CT molecular complexity index is 408. The molecule has 0 aromatic heterocycles. The van der Waals surface area contributed by atoms with Crippen molar-refractivity contribution in [2.45, 2.75) is 131 Å². The summed E-state index contributed by atoms with van der Waals surface area (Å²) in [4.78, 5) is 0. The second kappa shape index (κ2) is 42.0. The standard InChI is InChI=1S/C13H26N2S.C4H10.C3H6O.2C3H6.CHF3/c1-4-7-8-10-12-14-15-13(16-12)11(6-3)9-5-2;1-3-4-2;1-2-3-4;2*1-3-2;2-1(3)4/h11-13H,4-10H2,1-3H3;3-4H2,1-2H3;2-4H,1H3;2*3H,1H2,2H3;1H/b;;3-2+;;;. The second-order valence-corrected chi connectivity index (χ2v) is 8.51. The number of allylic oxidation sites excluding steroid dienone is 3. The molecule has 7 heteroatoms. The normalized spacial score (nSPS) is 16.1. The lowest BCUT2D eigenvalue weighted by molar-refractivity contribution is 0.00819. The second-order valence-electron chi connectivity index (χ2n) is 7.21. The highest BCUT2D eigenvalue weighted by atomic mass is 32.2. The first-order valence-electron chi connectivity index (χ1n) is 12.6. The van der Waals surface area contributed by atoms with Crippen molar-refractivity contribution in [1.29, 1.82) is 0 Å². The first-order valence-corrected chi connectivity index (χ1v) is 13.5. The van der Waals surface area contributed by atoms with Crippen molar-refractivity contribution < 1.29 is 18.3 Å². The lowest BCUT2D eigenvalue weighted by Crippen LogP contribution is -2.13. The number of halogens is 3. The summed E-state index contributed by atoms with van der Waals surface area (Å²) >= 11 is 2.00. The number of rotatable bonds is 9. The van der Waals surface area contributed by atoms with Crippen molar-refractivity contribution in [3.8, 4) is 0 Å². The predicted molar refractivity (Wildman–Crippen MR) is 150 cm³/mol. The number of aliphatic hydroxyl groups is 1. The minimum absolute atomic E-state index is 0.455. The van der Waals surface area contributed by atoms with Gasteiger partial charge in [0, 0.05) is 0 Å². The molecule has 34 heavy (non-hydrogen) atoms. The minimum atomic E-state index is -3.67. The van der Waals surface area contributed by atoms with Gasteiger partial charge in [0.15, 0.2) is 0 Å². The van der Waals surface area contributed by atoms with Crippen LogP contribution in [0.1, 0.15) is 113 Å². The molecule has 1 aliphatic heterocycles. The number of hydrogen-bond acceptors (Lipinski definition) is 4. The van der Waals surface area contributed by atoms with Crippen molar-refractivity contribution in [2.75, 3.05) is 0 Å². The average molecular weight is 513 g/mol. The Morgan fingerprint density at radius 2 is 1.29 bits per heavy atom. The summed E-state index contributed by atoms with van der Waals surface area (Å²) in [6.45, 7) is 19.7. The molecular formula is C27H55F3N2OS. The Hall–Kier alpha value is -1.24. The number of aliphatic hydroxyl groups excluding tert-OH is 1. The van der Waals surface area contributed by atoms with Gasteiger partial charge in [-0.05, 0) is 39.5 Å². The quantitative estimate of drug-likeness (QED) is 0.190. The van der Waals surface area contributed by atoms with Crippen LogP contribution in [0.15, 0.2) is 47.9 Å². The summed E-state index contributed by atoms with van der Waals surface area (Å²) in [5.41, 5.74) is 0. The molecule has 0 radical (unpaired) electrons. The Labute approximate surface area is 214 Å². The number of hydrogen-bond donors (Lipinski definition) is 1. The van der Waals surface area contributed by atoms with Crippen LogP contribution < -0.4 is 0 Å². The van der Waals surface area contributed by atoms with Gasteiger partial charge < -0.3 is 5.11 Å². The molecule has 3 unspecified atom stereocenters. The maximum Gasteiger partial charge on any atom is 0.379 e. The van der Waals surface area contributed by atoms with E-state index in [9.17, 15) is 13.2 Å². The van der Waals surface area contributed by atoms with Crippen molar-refractivity contribution in [1.82, 2.24) is 0 Å². The molecular weight excluding hydrogens is 457 g/mol. The van der Waals surface area contributed by atoms with Gasteiger partial charge in [-0.25, -0.2) is 0 Å². The van der Waals surface area contributed by atoms with Gasteiger partial charge in [0.2, 0.25) is 0 Å². The van der Waals surface area contributed by atoms with Gasteiger partial charge in [-0.1, -0.05) is 97.8 Å². The SMILES string of the molecule is C/C=C/O.C=CC.C=CC.CCCC.CCCCCC1N=NC(C(CC)CCC)S1.FC(F)F. The van der Waals surface area contributed by atoms with E-state index in [1.807, 2.05) is 25.6 Å². The van der Waals surface area contributed by atoms with E-state index in [4.69, 9.17) is 5.11 Å². The fourth-order valence-corrected chi connectivity index (χ4v) is 3.57. The largest absolute Gasteiger partial charge is 0.516 e. The van der Waals surface area contributed by atoms with Gasteiger partial charge in [-0.15, -0.1) is 24.9 Å². The molecule has 1 N–H and O–H groups in total. The molecule has 0 fully saturated rings. The van der Waals surface area contributed by atoms with Crippen LogP contribution in [-0.2, 0) is 0 Å². The Morgan fingerprint density at radius 3 is 1.59 bits per heavy atom. The molecule has 1 aliphatic rings. The first kappa shape index (κ1) is 42.9. The van der Waals surface area contributed by atoms with Crippen molar-refractivity contribution in [3.63, 3.8) is 0 Å². The van der Waals surface area contributed by atoms with E-state index in [0.29, 0.717) is 10.7 Å². The van der Waals surface area contributed by atoms with Crippen LogP contribution in [0, 0.1) is 5.92 Å². The van der Waals surface area contributed by atoms with E-state index in [0.717, 1.165) is 12.2 Å². The lowest BCUT2D eigenvalue weighted by Gasteiger charge is -2.18. The molecule has 3 atom stereocenters. The van der Waals surface area contributed by atoms with Crippen molar-refractivity contribution in [2.24, 2.45) is 16.1 Å². The van der Waals surface area contributed by atoms with Gasteiger partial charge in [0.1, 0.15) is 10.7 Å². The summed E-state index contributed by atoms with van der Waals surface area (Å²) in [6.07, 6.45) is 17.7. The van der Waals surface area contributed by atoms with Crippen LogP contribution in [0.3, 0.4) is 0 Å². The Kier molecular flexibility index (Phi) is 52.9. The lowest BCUT2D eigenvalue weighted by atomic mass is 10.0. The molecule has 206 valence electrons. The molecule has 0 saturated carbocycles. The molecule has 0 aromatic carbocycles. The zero-order valence-electron chi connectivity index (χ0n) is 23.3. The van der Waals surface area contributed by atoms with E-state index >= 15 is 0 Å². The van der Waals surface area contributed by atoms with E-state index < -0.39 is 6.68 Å². The monoisotopic (exact) mass is 512 g/mol. The summed E-state index contributed by atoms with van der Waals surface area (Å²) < 4.78 is 29.0. The van der Waals surface area contributed by atoms with Crippen LogP contribution in [0.4, 0.5) is 13.2 Å². The molecule has 0 saturated heterocycles. The molecule has 3 nitrogen and oxygen atoms in total. The summed E-state index contributed by atoms with van der Waals surface area (Å²) in [7, 11) is 0. The number of thioether (sulfide) groups is 1. The van der Waals surface area contributed by atoms with Crippen LogP contribution in [0.5, 0.6) is 0 Å². The van der Waals surface area contributed by atoms with E-state index in [2.05, 4.69) is 58.0 Å². The zero-order chi connectivity index (χ0) is 27.6. The van der Waals surface area contributed by atoms with Gasteiger partial charge in [0.05, 0.1) is 6.26 Å². The van der Waals surface area contributed by atoms with Crippen LogP contribution in [0.25, 0.3) is 0 Å². The third kappa shape index (κ3) is 48.3. The topological polar surface area (TPSA) is 45.0 Å². The fourth-order valence-electron chi connectivity index (χ4n) is 2.17. The van der Waals surface area contributed by atoms with Gasteiger partial charge >= 0.3 is 6.68 Å². The third-order valence-electron chi connectivity index (χ3n) is 3.90. The average Bonchev–Trinajstić information content (AvgIpc) is 3.27. The molecule has 0 amide bonds. The minimum Gasteiger partial charge on any atom is -0.516 e. The maximum atomic E-state index is 9.67. The van der Waals surface area contributed by atoms with Gasteiger partial charge in [-0.2, -0.15) is 23.4 Å². The molecule has 0 spiro atoms. The molecule has 0 bridgehead atoms. The van der Waals surface area contributed by atoms with Gasteiger partial charge in [0.25, 0.3) is 0 Å². The van der Waals surface area contributed by atoms with E-state index in [1.54, 1.807) is 25.2 Å².